The van der Waals surface area contributed by atoms with Gasteiger partial charge >= 0.3 is 6.03 Å². The summed E-state index contributed by atoms with van der Waals surface area (Å²) in [5, 5.41) is 28.3. The first-order valence-corrected chi connectivity index (χ1v) is 9.69. The number of likely N-dealkylation sites (N-methyl/N-ethyl adjacent to an activating group) is 1. The molecule has 1 aromatic carbocycles. The molecular formula is C20H27N3O5. The number of benzene rings is 1. The first kappa shape index (κ1) is 19.2. The molecule has 4 rings (SSSR count). The fourth-order valence-electron chi connectivity index (χ4n) is 5.52. The van der Waals surface area contributed by atoms with Crippen molar-refractivity contribution >= 4 is 11.9 Å². The summed E-state index contributed by atoms with van der Waals surface area (Å²) in [4.78, 5) is 26.6. The maximum Gasteiger partial charge on any atom is 0.321 e. The van der Waals surface area contributed by atoms with Gasteiger partial charge in [0.25, 0.3) is 0 Å². The summed E-state index contributed by atoms with van der Waals surface area (Å²) in [5.41, 5.74) is -0.786. The molecule has 4 N–H and O–H groups in total. The van der Waals surface area contributed by atoms with Crippen molar-refractivity contribution in [3.05, 3.63) is 29.3 Å². The van der Waals surface area contributed by atoms with E-state index in [2.05, 4.69) is 10.6 Å². The predicted octanol–water partition coefficient (Wildman–Crippen LogP) is 0.425. The Kier molecular flexibility index (Phi) is 4.60. The lowest BCUT2D eigenvalue weighted by Gasteiger charge is -2.62. The van der Waals surface area contributed by atoms with Gasteiger partial charge in [-0.1, -0.05) is 6.07 Å². The molecule has 4 atom stereocenters. The van der Waals surface area contributed by atoms with Gasteiger partial charge in [0.1, 0.15) is 5.75 Å². The molecule has 2 aliphatic heterocycles. The highest BCUT2D eigenvalue weighted by molar-refractivity contribution is 5.95. The van der Waals surface area contributed by atoms with E-state index in [0.29, 0.717) is 43.7 Å². The fourth-order valence-corrected chi connectivity index (χ4v) is 5.52. The number of aliphatic hydroxyl groups is 2. The Balaban J connectivity index is 1.94. The third-order valence-corrected chi connectivity index (χ3v) is 6.81. The number of urea groups is 1. The van der Waals surface area contributed by atoms with Crippen LogP contribution >= 0.6 is 0 Å². The van der Waals surface area contributed by atoms with Crippen molar-refractivity contribution in [3.63, 3.8) is 0 Å². The van der Waals surface area contributed by atoms with Crippen LogP contribution < -0.4 is 15.4 Å². The van der Waals surface area contributed by atoms with Crippen LogP contribution in [0.1, 0.15) is 42.9 Å². The Morgan fingerprint density at radius 1 is 1.29 bits per heavy atom. The average Bonchev–Trinajstić information content (AvgIpc) is 2.66. The molecule has 28 heavy (non-hydrogen) atoms. The highest BCUT2D eigenvalue weighted by Gasteiger charge is 2.65. The number of nitrogens with zero attached hydrogens (tertiary/aromatic N) is 1. The number of aliphatic hydroxyl groups excluding tert-OH is 1. The molecule has 0 aromatic heterocycles. The minimum atomic E-state index is -1.32. The van der Waals surface area contributed by atoms with Gasteiger partial charge in [-0.15, -0.1) is 0 Å². The fraction of sp³-hybridized carbons (Fsp3) is 0.600. The second-order valence-corrected chi connectivity index (χ2v) is 8.16. The standard InChI is InChI=1S/C20H27N3O5/c1-23-9-7-19-11-15(24)22-18(26)21-8-3-6-20(19,27)17(23)16(25)13-5-4-12(28-2)10-14(13)19/h4-5,10,16-17,25,27H,3,6-9,11H2,1-2H3,(H2,21,22,24,26)/t16-,17-,19-,20-/m0/s1. The molecule has 1 aromatic rings. The number of rotatable bonds is 1. The third kappa shape index (κ3) is 2.62. The lowest BCUT2D eigenvalue weighted by atomic mass is 9.51. The smallest absolute Gasteiger partial charge is 0.321 e. The predicted molar refractivity (Wildman–Crippen MR) is 101 cm³/mol. The quantitative estimate of drug-likeness (QED) is 0.554. The maximum atomic E-state index is 12.7. The number of likely N-dealkylation sites (tertiary alicyclic amines) is 1. The van der Waals surface area contributed by atoms with Gasteiger partial charge in [-0.3, -0.25) is 15.0 Å². The molecule has 2 saturated heterocycles. The van der Waals surface area contributed by atoms with Crippen LogP contribution in [-0.4, -0.2) is 65.9 Å². The summed E-state index contributed by atoms with van der Waals surface area (Å²) in [5.74, 6) is 0.168. The van der Waals surface area contributed by atoms with Gasteiger partial charge in [0, 0.05) is 18.4 Å². The van der Waals surface area contributed by atoms with E-state index in [-0.39, 0.29) is 6.42 Å². The minimum absolute atomic E-state index is 0.0336. The van der Waals surface area contributed by atoms with Crippen molar-refractivity contribution in [2.24, 2.45) is 0 Å². The van der Waals surface area contributed by atoms with Gasteiger partial charge in [-0.25, -0.2) is 4.79 Å². The Bertz CT molecular complexity index is 815. The molecule has 0 spiro atoms. The molecule has 0 saturated carbocycles. The number of carbonyl (C=O) groups is 2. The monoisotopic (exact) mass is 389 g/mol. The molecule has 0 radical (unpaired) electrons. The lowest BCUT2D eigenvalue weighted by Crippen LogP contribution is -2.73. The van der Waals surface area contributed by atoms with Crippen molar-refractivity contribution in [2.75, 3.05) is 27.2 Å². The number of methoxy groups -OCH3 is 1. The van der Waals surface area contributed by atoms with E-state index < -0.39 is 35.1 Å². The van der Waals surface area contributed by atoms with E-state index in [1.54, 1.807) is 13.2 Å². The molecule has 3 amide bonds. The number of imide groups is 1. The molecule has 3 aliphatic rings. The largest absolute Gasteiger partial charge is 0.497 e. The van der Waals surface area contributed by atoms with E-state index in [1.807, 2.05) is 24.1 Å². The number of piperidine rings is 1. The van der Waals surface area contributed by atoms with Crippen LogP contribution in [0.4, 0.5) is 4.79 Å². The zero-order valence-corrected chi connectivity index (χ0v) is 16.2. The number of nitrogens with one attached hydrogen (secondary N) is 2. The summed E-state index contributed by atoms with van der Waals surface area (Å²) >= 11 is 0. The van der Waals surface area contributed by atoms with Gasteiger partial charge in [0.05, 0.1) is 24.9 Å². The molecule has 2 bridgehead atoms. The van der Waals surface area contributed by atoms with Crippen LogP contribution in [0, 0.1) is 0 Å². The molecule has 8 heteroatoms. The van der Waals surface area contributed by atoms with Crippen LogP contribution in [0.25, 0.3) is 0 Å². The van der Waals surface area contributed by atoms with Crippen molar-refractivity contribution in [2.45, 2.75) is 48.8 Å². The van der Waals surface area contributed by atoms with Crippen LogP contribution in [0.5, 0.6) is 5.75 Å². The number of hydrogen-bond acceptors (Lipinski definition) is 6. The normalized spacial score (nSPS) is 35.9. The molecule has 8 nitrogen and oxygen atoms in total. The zero-order chi connectivity index (χ0) is 20.1. The van der Waals surface area contributed by atoms with Crippen molar-refractivity contribution in [3.8, 4) is 5.75 Å². The van der Waals surface area contributed by atoms with Crippen LogP contribution in [0.15, 0.2) is 18.2 Å². The number of hydrogen-bond donors (Lipinski definition) is 4. The van der Waals surface area contributed by atoms with Gasteiger partial charge in [-0.05, 0) is 56.1 Å². The van der Waals surface area contributed by atoms with Gasteiger partial charge in [0.15, 0.2) is 0 Å². The first-order valence-electron chi connectivity index (χ1n) is 9.69. The Labute approximate surface area is 163 Å². The number of carbonyl (C=O) groups excluding carboxylic acids is 2. The van der Waals surface area contributed by atoms with Crippen LogP contribution in [0.2, 0.25) is 0 Å². The van der Waals surface area contributed by atoms with E-state index in [4.69, 9.17) is 4.74 Å². The van der Waals surface area contributed by atoms with E-state index in [9.17, 15) is 19.8 Å². The van der Waals surface area contributed by atoms with E-state index in [0.717, 1.165) is 5.56 Å². The van der Waals surface area contributed by atoms with Crippen molar-refractivity contribution in [1.82, 2.24) is 15.5 Å². The van der Waals surface area contributed by atoms with Gasteiger partial charge < -0.3 is 20.3 Å². The topological polar surface area (TPSA) is 111 Å². The Hall–Kier alpha value is -2.16. The molecular weight excluding hydrogens is 362 g/mol. The Morgan fingerprint density at radius 2 is 2.07 bits per heavy atom. The highest BCUT2D eigenvalue weighted by atomic mass is 16.5. The van der Waals surface area contributed by atoms with Gasteiger partial charge in [0.2, 0.25) is 5.91 Å². The summed E-state index contributed by atoms with van der Waals surface area (Å²) in [6.45, 7) is 0.967. The van der Waals surface area contributed by atoms with E-state index >= 15 is 0 Å². The second-order valence-electron chi connectivity index (χ2n) is 8.16. The SMILES string of the molecule is COc1ccc2c(c1)[C@@]13CCN(C)[C@@H]([C@H]2O)[C@@]1(O)CCCNC(=O)NC(=O)C3. The van der Waals surface area contributed by atoms with Gasteiger partial charge in [-0.2, -0.15) is 0 Å². The minimum Gasteiger partial charge on any atom is -0.497 e. The second kappa shape index (κ2) is 6.72. The molecule has 2 fully saturated rings. The molecule has 1 aliphatic carbocycles. The van der Waals surface area contributed by atoms with Crippen molar-refractivity contribution in [1.29, 1.82) is 0 Å². The lowest BCUT2D eigenvalue weighted by molar-refractivity contribution is -0.185. The highest BCUT2D eigenvalue weighted by Crippen LogP contribution is 2.58. The average molecular weight is 389 g/mol. The molecule has 2 heterocycles. The number of ether oxygens (including phenoxy) is 1. The van der Waals surface area contributed by atoms with Crippen molar-refractivity contribution < 1.29 is 24.5 Å². The summed E-state index contributed by atoms with van der Waals surface area (Å²) in [6, 6.07) is 4.37. The molecule has 152 valence electrons. The maximum absolute atomic E-state index is 12.7. The summed E-state index contributed by atoms with van der Waals surface area (Å²) in [7, 11) is 3.46. The van der Waals surface area contributed by atoms with Crippen LogP contribution in [-0.2, 0) is 10.2 Å². The molecule has 0 unspecified atom stereocenters. The van der Waals surface area contributed by atoms with Crippen LogP contribution in [0.3, 0.4) is 0 Å². The number of amides is 3. The first-order chi connectivity index (χ1) is 13.3. The zero-order valence-electron chi connectivity index (χ0n) is 16.2. The summed E-state index contributed by atoms with van der Waals surface area (Å²) in [6.07, 6.45) is 0.524. The van der Waals surface area contributed by atoms with E-state index in [1.165, 1.54) is 0 Å². The Morgan fingerprint density at radius 3 is 2.82 bits per heavy atom. The summed E-state index contributed by atoms with van der Waals surface area (Å²) < 4.78 is 5.39. The third-order valence-electron chi connectivity index (χ3n) is 6.81. The number of fused-ring (bicyclic) bond motifs is 1.